The number of aryl methyl sites for hydroxylation is 2. The zero-order chi connectivity index (χ0) is 13.0. The fourth-order valence-corrected chi connectivity index (χ4v) is 2.63. The Balaban J connectivity index is 2.73. The number of halogens is 2. The summed E-state index contributed by atoms with van der Waals surface area (Å²) in [6.45, 7) is 4.55. The summed E-state index contributed by atoms with van der Waals surface area (Å²) in [4.78, 5) is 10.9. The Labute approximate surface area is 118 Å². The molecule has 0 aliphatic rings. The highest BCUT2D eigenvalue weighted by atomic mass is 79.9. The summed E-state index contributed by atoms with van der Waals surface area (Å²) < 4.78 is 5.70. The third kappa shape index (κ3) is 4.00. The topological polar surface area (TPSA) is 38.3 Å². The second kappa shape index (κ2) is 6.40. The lowest BCUT2D eigenvalue weighted by atomic mass is 10.1. The molecular formula is C12H15Br2NO2. The van der Waals surface area contributed by atoms with Gasteiger partial charge >= 0.3 is 5.97 Å². The van der Waals surface area contributed by atoms with Crippen molar-refractivity contribution >= 4 is 43.5 Å². The maximum atomic E-state index is 11.2. The fraction of sp³-hybridized carbons (Fsp3) is 0.417. The summed E-state index contributed by atoms with van der Waals surface area (Å²) in [6.07, 6.45) is 0. The van der Waals surface area contributed by atoms with E-state index in [-0.39, 0.29) is 10.8 Å². The molecule has 1 aromatic carbocycles. The number of carbonyl (C=O) groups is 1. The van der Waals surface area contributed by atoms with Crippen molar-refractivity contribution < 1.29 is 9.53 Å². The van der Waals surface area contributed by atoms with Crippen LogP contribution in [0.4, 0.5) is 5.69 Å². The van der Waals surface area contributed by atoms with Gasteiger partial charge in [0.1, 0.15) is 4.83 Å². The predicted molar refractivity (Wildman–Crippen MR) is 76.8 cm³/mol. The molecule has 0 aliphatic heterocycles. The number of ether oxygens (including phenoxy) is 1. The van der Waals surface area contributed by atoms with Crippen molar-refractivity contribution in [1.29, 1.82) is 0 Å². The minimum atomic E-state index is -0.338. The number of benzene rings is 1. The van der Waals surface area contributed by atoms with E-state index < -0.39 is 0 Å². The van der Waals surface area contributed by atoms with Gasteiger partial charge in [-0.15, -0.1) is 0 Å². The lowest BCUT2D eigenvalue weighted by Gasteiger charge is -2.15. The second-order valence-electron chi connectivity index (χ2n) is 3.79. The first-order valence-corrected chi connectivity index (χ1v) is 6.89. The summed E-state index contributed by atoms with van der Waals surface area (Å²) in [7, 11) is 1.38. The van der Waals surface area contributed by atoms with Crippen LogP contribution in [0.15, 0.2) is 16.6 Å². The van der Waals surface area contributed by atoms with E-state index in [0.29, 0.717) is 6.54 Å². The third-order valence-electron chi connectivity index (χ3n) is 2.41. The molecule has 17 heavy (non-hydrogen) atoms. The summed E-state index contributed by atoms with van der Waals surface area (Å²) in [5.74, 6) is -0.273. The SMILES string of the molecule is COC(=O)C(Br)CNc1c(C)cc(Br)cc1C. The van der Waals surface area contributed by atoms with E-state index in [1.807, 2.05) is 26.0 Å². The highest BCUT2D eigenvalue weighted by Gasteiger charge is 2.15. The van der Waals surface area contributed by atoms with Gasteiger partial charge in [-0.1, -0.05) is 31.9 Å². The second-order valence-corrected chi connectivity index (χ2v) is 5.81. The number of hydrogen-bond acceptors (Lipinski definition) is 3. The molecule has 0 spiro atoms. The molecule has 1 atom stereocenters. The molecule has 1 aromatic rings. The Bertz CT molecular complexity index is 398. The minimum absolute atomic E-state index is 0.273. The van der Waals surface area contributed by atoms with Crippen molar-refractivity contribution in [2.75, 3.05) is 19.0 Å². The van der Waals surface area contributed by atoms with Crippen molar-refractivity contribution in [3.8, 4) is 0 Å². The molecule has 0 heterocycles. The molecule has 94 valence electrons. The van der Waals surface area contributed by atoms with Crippen LogP contribution in [0.3, 0.4) is 0 Å². The van der Waals surface area contributed by atoms with Crippen LogP contribution in [0.1, 0.15) is 11.1 Å². The molecule has 0 aliphatic carbocycles. The maximum absolute atomic E-state index is 11.2. The van der Waals surface area contributed by atoms with Gasteiger partial charge in [-0.25, -0.2) is 0 Å². The fourth-order valence-electron chi connectivity index (χ4n) is 1.59. The van der Waals surface area contributed by atoms with Crippen molar-refractivity contribution in [2.45, 2.75) is 18.7 Å². The monoisotopic (exact) mass is 363 g/mol. The molecular weight excluding hydrogens is 350 g/mol. The lowest BCUT2D eigenvalue weighted by Crippen LogP contribution is -2.24. The van der Waals surface area contributed by atoms with Crippen LogP contribution in [0.5, 0.6) is 0 Å². The smallest absolute Gasteiger partial charge is 0.321 e. The van der Waals surface area contributed by atoms with E-state index in [9.17, 15) is 4.79 Å². The molecule has 0 radical (unpaired) electrons. The first-order chi connectivity index (χ1) is 7.95. The molecule has 5 heteroatoms. The van der Waals surface area contributed by atoms with Gasteiger partial charge in [0.25, 0.3) is 0 Å². The van der Waals surface area contributed by atoms with Crippen LogP contribution >= 0.6 is 31.9 Å². The molecule has 1 N–H and O–H groups in total. The number of hydrogen-bond donors (Lipinski definition) is 1. The van der Waals surface area contributed by atoms with Crippen LogP contribution in [0.2, 0.25) is 0 Å². The van der Waals surface area contributed by atoms with E-state index in [4.69, 9.17) is 0 Å². The standard InChI is InChI=1S/C12H15Br2NO2/c1-7-4-9(13)5-8(2)11(7)15-6-10(14)12(16)17-3/h4-5,10,15H,6H2,1-3H3. The minimum Gasteiger partial charge on any atom is -0.468 e. The Kier molecular flexibility index (Phi) is 5.46. The number of carbonyl (C=O) groups excluding carboxylic acids is 1. The lowest BCUT2D eigenvalue weighted by molar-refractivity contribution is -0.139. The summed E-state index contributed by atoms with van der Waals surface area (Å²) in [6, 6.07) is 4.08. The van der Waals surface area contributed by atoms with E-state index in [1.165, 1.54) is 7.11 Å². The number of anilines is 1. The average Bonchev–Trinajstić information content (AvgIpc) is 2.26. The van der Waals surface area contributed by atoms with Crippen molar-refractivity contribution in [3.05, 3.63) is 27.7 Å². The van der Waals surface area contributed by atoms with Gasteiger partial charge in [-0.05, 0) is 37.1 Å². The first-order valence-electron chi connectivity index (χ1n) is 5.18. The first kappa shape index (κ1) is 14.5. The van der Waals surface area contributed by atoms with Gasteiger partial charge in [0.2, 0.25) is 0 Å². The van der Waals surface area contributed by atoms with Gasteiger partial charge in [0, 0.05) is 16.7 Å². The Morgan fingerprint density at radius 3 is 2.41 bits per heavy atom. The number of nitrogens with one attached hydrogen (secondary N) is 1. The summed E-state index contributed by atoms with van der Waals surface area (Å²) in [5, 5.41) is 3.25. The van der Waals surface area contributed by atoms with E-state index >= 15 is 0 Å². The molecule has 0 bridgehead atoms. The predicted octanol–water partition coefficient (Wildman–Crippen LogP) is 3.41. The van der Waals surface area contributed by atoms with Crippen molar-refractivity contribution in [1.82, 2.24) is 0 Å². The Morgan fingerprint density at radius 1 is 1.41 bits per heavy atom. The largest absolute Gasteiger partial charge is 0.468 e. The number of alkyl halides is 1. The highest BCUT2D eigenvalue weighted by Crippen LogP contribution is 2.25. The quantitative estimate of drug-likeness (QED) is 0.657. The number of rotatable bonds is 4. The molecule has 0 amide bonds. The van der Waals surface area contributed by atoms with Crippen LogP contribution in [0, 0.1) is 13.8 Å². The van der Waals surface area contributed by atoms with Gasteiger partial charge in [-0.3, -0.25) is 4.79 Å². The van der Waals surface area contributed by atoms with E-state index in [0.717, 1.165) is 21.3 Å². The van der Waals surface area contributed by atoms with E-state index in [2.05, 4.69) is 41.9 Å². The van der Waals surface area contributed by atoms with Crippen LogP contribution in [-0.4, -0.2) is 24.5 Å². The van der Waals surface area contributed by atoms with E-state index in [1.54, 1.807) is 0 Å². The molecule has 0 aromatic heterocycles. The molecule has 1 rings (SSSR count). The molecule has 0 fully saturated rings. The zero-order valence-corrected chi connectivity index (χ0v) is 13.2. The van der Waals surface area contributed by atoms with Gasteiger partial charge in [0.15, 0.2) is 0 Å². The summed E-state index contributed by atoms with van der Waals surface area (Å²) >= 11 is 6.73. The zero-order valence-electron chi connectivity index (χ0n) is 10.0. The van der Waals surface area contributed by atoms with Crippen molar-refractivity contribution in [3.63, 3.8) is 0 Å². The van der Waals surface area contributed by atoms with Gasteiger partial charge < -0.3 is 10.1 Å². The molecule has 3 nitrogen and oxygen atoms in total. The molecule has 1 unspecified atom stereocenters. The Hall–Kier alpha value is -0.550. The van der Waals surface area contributed by atoms with Gasteiger partial charge in [0.05, 0.1) is 7.11 Å². The van der Waals surface area contributed by atoms with Gasteiger partial charge in [-0.2, -0.15) is 0 Å². The summed E-state index contributed by atoms with van der Waals surface area (Å²) in [5.41, 5.74) is 3.34. The number of esters is 1. The van der Waals surface area contributed by atoms with Crippen LogP contribution < -0.4 is 5.32 Å². The Morgan fingerprint density at radius 2 is 1.94 bits per heavy atom. The normalized spacial score (nSPS) is 12.1. The maximum Gasteiger partial charge on any atom is 0.321 e. The third-order valence-corrected chi connectivity index (χ3v) is 3.57. The average molecular weight is 365 g/mol. The van der Waals surface area contributed by atoms with Crippen LogP contribution in [0.25, 0.3) is 0 Å². The van der Waals surface area contributed by atoms with Crippen molar-refractivity contribution in [2.24, 2.45) is 0 Å². The van der Waals surface area contributed by atoms with Crippen LogP contribution in [-0.2, 0) is 9.53 Å². The molecule has 0 saturated heterocycles. The highest BCUT2D eigenvalue weighted by molar-refractivity contribution is 9.10. The number of methoxy groups -OCH3 is 1. The molecule has 0 saturated carbocycles.